The summed E-state index contributed by atoms with van der Waals surface area (Å²) in [5.74, 6) is 1.52. The normalized spacial score (nSPS) is 26.0. The first-order chi connectivity index (χ1) is 9.33. The highest BCUT2D eigenvalue weighted by Crippen LogP contribution is 2.35. The standard InChI is InChI=1S/C16H22N2O/c19-16(17-10-13-6-2-1-3-7-13)18-11-14-8-4-5-9-15(14)12-18/h1-3,6-7,14-15H,4-5,8-12H2,(H,17,19). The molecule has 1 aliphatic carbocycles. The van der Waals surface area contributed by atoms with Crippen molar-refractivity contribution in [3.05, 3.63) is 35.9 Å². The number of rotatable bonds is 2. The smallest absolute Gasteiger partial charge is 0.317 e. The Balaban J connectivity index is 1.51. The van der Waals surface area contributed by atoms with Crippen molar-refractivity contribution in [3.63, 3.8) is 0 Å². The van der Waals surface area contributed by atoms with E-state index in [0.717, 1.165) is 30.5 Å². The van der Waals surface area contributed by atoms with Crippen molar-refractivity contribution in [1.82, 2.24) is 10.2 Å². The Hall–Kier alpha value is -1.51. The topological polar surface area (TPSA) is 32.3 Å². The molecule has 2 aliphatic rings. The highest BCUT2D eigenvalue weighted by atomic mass is 16.2. The van der Waals surface area contributed by atoms with Crippen LogP contribution in [0.1, 0.15) is 31.2 Å². The molecule has 3 rings (SSSR count). The molecule has 3 nitrogen and oxygen atoms in total. The summed E-state index contributed by atoms with van der Waals surface area (Å²) in [5.41, 5.74) is 1.16. The van der Waals surface area contributed by atoms with Crippen LogP contribution >= 0.6 is 0 Å². The number of carbonyl (C=O) groups excluding carboxylic acids is 1. The first kappa shape index (κ1) is 12.5. The molecule has 1 saturated carbocycles. The molecule has 3 heteroatoms. The van der Waals surface area contributed by atoms with Gasteiger partial charge in [-0.05, 0) is 30.2 Å². The number of nitrogens with zero attached hydrogens (tertiary/aromatic N) is 1. The molecule has 19 heavy (non-hydrogen) atoms. The second-order valence-electron chi connectivity index (χ2n) is 5.85. The lowest BCUT2D eigenvalue weighted by atomic mass is 9.82. The fraction of sp³-hybridized carbons (Fsp3) is 0.562. The zero-order valence-electron chi connectivity index (χ0n) is 11.3. The van der Waals surface area contributed by atoms with E-state index in [0.29, 0.717) is 6.54 Å². The van der Waals surface area contributed by atoms with Crippen molar-refractivity contribution < 1.29 is 4.79 Å². The number of benzene rings is 1. The van der Waals surface area contributed by atoms with Gasteiger partial charge in [0.05, 0.1) is 0 Å². The maximum absolute atomic E-state index is 12.2. The van der Waals surface area contributed by atoms with E-state index in [1.807, 2.05) is 35.2 Å². The molecule has 102 valence electrons. The number of amides is 2. The van der Waals surface area contributed by atoms with Gasteiger partial charge in [-0.25, -0.2) is 4.79 Å². The van der Waals surface area contributed by atoms with Crippen LogP contribution in [-0.4, -0.2) is 24.0 Å². The largest absolute Gasteiger partial charge is 0.334 e. The average molecular weight is 258 g/mol. The lowest BCUT2D eigenvalue weighted by Gasteiger charge is -2.22. The quantitative estimate of drug-likeness (QED) is 0.869. The summed E-state index contributed by atoms with van der Waals surface area (Å²) in [6.07, 6.45) is 5.32. The average Bonchev–Trinajstić information content (AvgIpc) is 2.90. The second-order valence-corrected chi connectivity index (χ2v) is 5.85. The number of fused-ring (bicyclic) bond motifs is 1. The van der Waals surface area contributed by atoms with Gasteiger partial charge in [0.2, 0.25) is 0 Å². The van der Waals surface area contributed by atoms with E-state index in [-0.39, 0.29) is 6.03 Å². The van der Waals surface area contributed by atoms with E-state index in [1.165, 1.54) is 25.7 Å². The number of carbonyl (C=O) groups is 1. The Morgan fingerprint density at radius 1 is 1.11 bits per heavy atom. The summed E-state index contributed by atoms with van der Waals surface area (Å²) in [4.78, 5) is 14.2. The van der Waals surface area contributed by atoms with Gasteiger partial charge in [0.25, 0.3) is 0 Å². The summed E-state index contributed by atoms with van der Waals surface area (Å²) in [5, 5.41) is 3.04. The van der Waals surface area contributed by atoms with Crippen LogP contribution in [0.4, 0.5) is 4.79 Å². The van der Waals surface area contributed by atoms with E-state index in [9.17, 15) is 4.79 Å². The summed E-state index contributed by atoms with van der Waals surface area (Å²) in [7, 11) is 0. The van der Waals surface area contributed by atoms with E-state index in [4.69, 9.17) is 0 Å². The zero-order chi connectivity index (χ0) is 13.1. The molecule has 0 bridgehead atoms. The molecular weight excluding hydrogens is 236 g/mol. The summed E-state index contributed by atoms with van der Waals surface area (Å²) in [6.45, 7) is 2.56. The molecule has 1 heterocycles. The lowest BCUT2D eigenvalue weighted by Crippen LogP contribution is -2.38. The third kappa shape index (κ3) is 2.91. The Morgan fingerprint density at radius 3 is 2.37 bits per heavy atom. The van der Waals surface area contributed by atoms with Crippen LogP contribution in [0.25, 0.3) is 0 Å². The van der Waals surface area contributed by atoms with Crippen LogP contribution in [0.15, 0.2) is 30.3 Å². The zero-order valence-corrected chi connectivity index (χ0v) is 11.3. The van der Waals surface area contributed by atoms with Crippen molar-refractivity contribution in [2.45, 2.75) is 32.2 Å². The lowest BCUT2D eigenvalue weighted by molar-refractivity contribution is 0.206. The van der Waals surface area contributed by atoms with Crippen molar-refractivity contribution in [2.24, 2.45) is 11.8 Å². The fourth-order valence-electron chi connectivity index (χ4n) is 3.46. The van der Waals surface area contributed by atoms with Gasteiger partial charge in [-0.1, -0.05) is 43.2 Å². The molecule has 2 atom stereocenters. The second kappa shape index (κ2) is 5.64. The van der Waals surface area contributed by atoms with Crippen molar-refractivity contribution >= 4 is 6.03 Å². The van der Waals surface area contributed by atoms with Crippen LogP contribution in [0.3, 0.4) is 0 Å². The number of urea groups is 1. The molecule has 2 fully saturated rings. The molecule has 1 aromatic rings. The third-order valence-corrected chi connectivity index (χ3v) is 4.55. The molecule has 0 radical (unpaired) electrons. The molecule has 0 spiro atoms. The van der Waals surface area contributed by atoms with Gasteiger partial charge in [-0.3, -0.25) is 0 Å². The Kier molecular flexibility index (Phi) is 3.72. The molecule has 1 aliphatic heterocycles. The van der Waals surface area contributed by atoms with Gasteiger partial charge < -0.3 is 10.2 Å². The number of likely N-dealkylation sites (tertiary alicyclic amines) is 1. The van der Waals surface area contributed by atoms with E-state index >= 15 is 0 Å². The summed E-state index contributed by atoms with van der Waals surface area (Å²) in [6, 6.07) is 10.2. The first-order valence-corrected chi connectivity index (χ1v) is 7.39. The van der Waals surface area contributed by atoms with Gasteiger partial charge in [0.1, 0.15) is 0 Å². The Morgan fingerprint density at radius 2 is 1.74 bits per heavy atom. The summed E-state index contributed by atoms with van der Waals surface area (Å²) < 4.78 is 0. The molecule has 1 saturated heterocycles. The van der Waals surface area contributed by atoms with Gasteiger partial charge in [0, 0.05) is 19.6 Å². The first-order valence-electron chi connectivity index (χ1n) is 7.39. The molecule has 2 unspecified atom stereocenters. The number of hydrogen-bond acceptors (Lipinski definition) is 1. The van der Waals surface area contributed by atoms with Gasteiger partial charge in [-0.15, -0.1) is 0 Å². The highest BCUT2D eigenvalue weighted by molar-refractivity contribution is 5.74. The maximum Gasteiger partial charge on any atom is 0.317 e. The minimum atomic E-state index is 0.109. The number of hydrogen-bond donors (Lipinski definition) is 1. The highest BCUT2D eigenvalue weighted by Gasteiger charge is 2.36. The molecule has 2 amide bonds. The van der Waals surface area contributed by atoms with Gasteiger partial charge >= 0.3 is 6.03 Å². The van der Waals surface area contributed by atoms with E-state index in [2.05, 4.69) is 5.32 Å². The van der Waals surface area contributed by atoms with Crippen LogP contribution in [0.2, 0.25) is 0 Å². The van der Waals surface area contributed by atoms with Crippen molar-refractivity contribution in [1.29, 1.82) is 0 Å². The molecular formula is C16H22N2O. The van der Waals surface area contributed by atoms with Gasteiger partial charge in [0.15, 0.2) is 0 Å². The molecule has 1 N–H and O–H groups in total. The van der Waals surface area contributed by atoms with Crippen molar-refractivity contribution in [3.8, 4) is 0 Å². The van der Waals surface area contributed by atoms with Crippen molar-refractivity contribution in [2.75, 3.05) is 13.1 Å². The number of nitrogens with one attached hydrogen (secondary N) is 1. The Bertz CT molecular complexity index is 418. The molecule has 0 aromatic heterocycles. The SMILES string of the molecule is O=C(NCc1ccccc1)N1CC2CCCCC2C1. The third-order valence-electron chi connectivity index (χ3n) is 4.55. The minimum absolute atomic E-state index is 0.109. The molecule has 1 aromatic carbocycles. The minimum Gasteiger partial charge on any atom is -0.334 e. The van der Waals surface area contributed by atoms with Gasteiger partial charge in [-0.2, -0.15) is 0 Å². The fourth-order valence-corrected chi connectivity index (χ4v) is 3.46. The van der Waals surface area contributed by atoms with Crippen LogP contribution in [0.5, 0.6) is 0 Å². The predicted molar refractivity (Wildman–Crippen MR) is 75.7 cm³/mol. The monoisotopic (exact) mass is 258 g/mol. The summed E-state index contributed by atoms with van der Waals surface area (Å²) >= 11 is 0. The maximum atomic E-state index is 12.2. The predicted octanol–water partition coefficient (Wildman–Crippen LogP) is 3.02. The van der Waals surface area contributed by atoms with E-state index < -0.39 is 0 Å². The van der Waals surface area contributed by atoms with Crippen LogP contribution < -0.4 is 5.32 Å². The Labute approximate surface area is 115 Å². The van der Waals surface area contributed by atoms with Crippen LogP contribution in [-0.2, 0) is 6.54 Å². The van der Waals surface area contributed by atoms with E-state index in [1.54, 1.807) is 0 Å². The van der Waals surface area contributed by atoms with Crippen LogP contribution in [0, 0.1) is 11.8 Å².